The Morgan fingerprint density at radius 1 is 1.36 bits per heavy atom. The Kier molecular flexibility index (Phi) is 2.59. The minimum absolute atomic E-state index is 0.321. The molecule has 0 spiro atoms. The van der Waals surface area contributed by atoms with Crippen molar-refractivity contribution in [3.63, 3.8) is 0 Å². The van der Waals surface area contributed by atoms with Gasteiger partial charge in [0, 0.05) is 12.4 Å². The van der Waals surface area contributed by atoms with E-state index in [0.29, 0.717) is 16.9 Å². The molecule has 7 heteroatoms. The van der Waals surface area contributed by atoms with Crippen LogP contribution >= 0.6 is 11.8 Å². The van der Waals surface area contributed by atoms with E-state index in [1.165, 1.54) is 11.8 Å². The summed E-state index contributed by atoms with van der Waals surface area (Å²) in [4.78, 5) is 12.1. The number of hydrogen-bond donors (Lipinski definition) is 2. The van der Waals surface area contributed by atoms with Crippen LogP contribution in [0.1, 0.15) is 5.82 Å². The van der Waals surface area contributed by atoms with Crippen LogP contribution in [-0.4, -0.2) is 25.1 Å². The van der Waals surface area contributed by atoms with Crippen molar-refractivity contribution in [1.82, 2.24) is 25.1 Å². The largest absolute Gasteiger partial charge is 0.368 e. The monoisotopic (exact) mass is 208 g/mol. The molecule has 0 aliphatic heterocycles. The standard InChI is InChI=1S/C7H8N6S/c8-6-11-7(13-12-6)14-4-5-9-2-1-3-10-5/h1-3H,4H2,(H3,8,11,12,13). The lowest BCUT2D eigenvalue weighted by molar-refractivity contribution is 0.965. The summed E-state index contributed by atoms with van der Waals surface area (Å²) in [5.41, 5.74) is 5.37. The Morgan fingerprint density at radius 3 is 2.79 bits per heavy atom. The zero-order valence-corrected chi connectivity index (χ0v) is 8.03. The molecule has 2 aromatic heterocycles. The fourth-order valence-electron chi connectivity index (χ4n) is 0.856. The summed E-state index contributed by atoms with van der Waals surface area (Å²) in [6, 6.07) is 1.78. The van der Waals surface area contributed by atoms with Crippen molar-refractivity contribution < 1.29 is 0 Å². The Hall–Kier alpha value is -1.63. The molecule has 0 saturated carbocycles. The smallest absolute Gasteiger partial charge is 0.216 e. The highest BCUT2D eigenvalue weighted by Crippen LogP contribution is 2.16. The fraction of sp³-hybridized carbons (Fsp3) is 0.143. The van der Waals surface area contributed by atoms with Crippen LogP contribution in [0.2, 0.25) is 0 Å². The molecule has 0 amide bonds. The molecule has 0 unspecified atom stereocenters. The van der Waals surface area contributed by atoms with E-state index in [1.54, 1.807) is 18.5 Å². The molecule has 0 bridgehead atoms. The zero-order chi connectivity index (χ0) is 9.80. The van der Waals surface area contributed by atoms with Crippen LogP contribution in [0, 0.1) is 0 Å². The van der Waals surface area contributed by atoms with Crippen molar-refractivity contribution in [3.8, 4) is 0 Å². The molecular formula is C7H8N6S. The summed E-state index contributed by atoms with van der Waals surface area (Å²) in [5, 5.41) is 7.04. The average molecular weight is 208 g/mol. The number of nitrogen functional groups attached to an aromatic ring is 1. The lowest BCUT2D eigenvalue weighted by Crippen LogP contribution is -1.90. The van der Waals surface area contributed by atoms with Crippen molar-refractivity contribution in [2.75, 3.05) is 5.73 Å². The number of anilines is 1. The zero-order valence-electron chi connectivity index (χ0n) is 7.21. The van der Waals surface area contributed by atoms with Crippen molar-refractivity contribution >= 4 is 17.7 Å². The number of nitrogens with one attached hydrogen (secondary N) is 1. The number of aromatic amines is 1. The summed E-state index contributed by atoms with van der Waals surface area (Å²) in [6.45, 7) is 0. The third-order valence-corrected chi connectivity index (χ3v) is 2.28. The van der Waals surface area contributed by atoms with E-state index < -0.39 is 0 Å². The molecular weight excluding hydrogens is 200 g/mol. The quantitative estimate of drug-likeness (QED) is 0.712. The van der Waals surface area contributed by atoms with Gasteiger partial charge < -0.3 is 5.73 Å². The van der Waals surface area contributed by atoms with E-state index >= 15 is 0 Å². The van der Waals surface area contributed by atoms with E-state index in [2.05, 4.69) is 25.1 Å². The fourth-order valence-corrected chi connectivity index (χ4v) is 1.54. The van der Waals surface area contributed by atoms with Gasteiger partial charge in [-0.2, -0.15) is 4.98 Å². The molecule has 0 radical (unpaired) electrons. The number of aromatic nitrogens is 5. The van der Waals surface area contributed by atoms with Gasteiger partial charge in [-0.1, -0.05) is 11.8 Å². The van der Waals surface area contributed by atoms with E-state index in [-0.39, 0.29) is 0 Å². The average Bonchev–Trinajstić information content (AvgIpc) is 2.63. The maximum Gasteiger partial charge on any atom is 0.216 e. The van der Waals surface area contributed by atoms with Gasteiger partial charge in [0.15, 0.2) is 0 Å². The second-order valence-corrected chi connectivity index (χ2v) is 3.40. The van der Waals surface area contributed by atoms with Crippen LogP contribution in [0.25, 0.3) is 0 Å². The summed E-state index contributed by atoms with van der Waals surface area (Å²) < 4.78 is 0. The predicted octanol–water partition coefficient (Wildman–Crippen LogP) is 0.469. The van der Waals surface area contributed by atoms with E-state index in [9.17, 15) is 0 Å². The third kappa shape index (κ3) is 2.19. The highest BCUT2D eigenvalue weighted by Gasteiger charge is 2.02. The van der Waals surface area contributed by atoms with Crippen molar-refractivity contribution in [2.24, 2.45) is 0 Å². The first-order valence-corrected chi connectivity index (χ1v) is 4.90. The predicted molar refractivity (Wildman–Crippen MR) is 52.4 cm³/mol. The molecule has 0 atom stereocenters. The van der Waals surface area contributed by atoms with E-state index in [4.69, 9.17) is 5.73 Å². The van der Waals surface area contributed by atoms with E-state index in [1.807, 2.05) is 0 Å². The molecule has 0 aliphatic carbocycles. The number of rotatable bonds is 3. The Bertz CT molecular complexity index is 400. The van der Waals surface area contributed by atoms with E-state index in [0.717, 1.165) is 5.82 Å². The first-order valence-electron chi connectivity index (χ1n) is 3.91. The van der Waals surface area contributed by atoms with Crippen LogP contribution in [0.3, 0.4) is 0 Å². The lowest BCUT2D eigenvalue weighted by atomic mass is 10.6. The summed E-state index contributed by atoms with van der Waals surface area (Å²) in [6.07, 6.45) is 3.41. The lowest BCUT2D eigenvalue weighted by Gasteiger charge is -1.94. The number of H-pyrrole nitrogens is 1. The molecule has 0 aliphatic rings. The summed E-state index contributed by atoms with van der Waals surface area (Å²) >= 11 is 1.44. The number of nitrogens with two attached hydrogens (primary N) is 1. The van der Waals surface area contributed by atoms with Crippen LogP contribution in [-0.2, 0) is 5.75 Å². The molecule has 72 valence electrons. The van der Waals surface area contributed by atoms with Crippen molar-refractivity contribution in [3.05, 3.63) is 24.3 Å². The summed E-state index contributed by atoms with van der Waals surface area (Å²) in [7, 11) is 0. The molecule has 3 N–H and O–H groups in total. The number of hydrogen-bond acceptors (Lipinski definition) is 6. The maximum absolute atomic E-state index is 5.37. The van der Waals surface area contributed by atoms with Gasteiger partial charge in [0.05, 0.1) is 5.75 Å². The highest BCUT2D eigenvalue weighted by atomic mass is 32.2. The van der Waals surface area contributed by atoms with Gasteiger partial charge in [-0.15, -0.1) is 5.10 Å². The Labute approximate surface area is 84.4 Å². The van der Waals surface area contributed by atoms with Crippen molar-refractivity contribution in [2.45, 2.75) is 10.9 Å². The van der Waals surface area contributed by atoms with Gasteiger partial charge in [-0.05, 0) is 6.07 Å². The molecule has 0 saturated heterocycles. The van der Waals surface area contributed by atoms with Crippen molar-refractivity contribution in [1.29, 1.82) is 0 Å². The first kappa shape index (κ1) is 8.95. The maximum atomic E-state index is 5.37. The van der Waals surface area contributed by atoms with Gasteiger partial charge in [-0.25, -0.2) is 15.1 Å². The molecule has 2 aromatic rings. The second-order valence-electron chi connectivity index (χ2n) is 2.46. The molecule has 14 heavy (non-hydrogen) atoms. The minimum Gasteiger partial charge on any atom is -0.368 e. The number of thioether (sulfide) groups is 1. The van der Waals surface area contributed by atoms with Gasteiger partial charge in [0.1, 0.15) is 5.82 Å². The highest BCUT2D eigenvalue weighted by molar-refractivity contribution is 7.98. The van der Waals surface area contributed by atoms with Crippen LogP contribution in [0.5, 0.6) is 0 Å². The molecule has 0 aromatic carbocycles. The third-order valence-electron chi connectivity index (χ3n) is 1.43. The minimum atomic E-state index is 0.321. The molecule has 2 rings (SSSR count). The SMILES string of the molecule is Nc1nc(SCc2ncccn2)n[nH]1. The van der Waals surface area contributed by atoms with Crippen LogP contribution in [0.4, 0.5) is 5.95 Å². The molecule has 0 fully saturated rings. The molecule has 6 nitrogen and oxygen atoms in total. The normalized spacial score (nSPS) is 10.3. The van der Waals surface area contributed by atoms with Crippen LogP contribution in [0.15, 0.2) is 23.6 Å². The van der Waals surface area contributed by atoms with Gasteiger partial charge in [0.25, 0.3) is 0 Å². The van der Waals surface area contributed by atoms with Crippen LogP contribution < -0.4 is 5.73 Å². The van der Waals surface area contributed by atoms with Gasteiger partial charge in [0.2, 0.25) is 11.1 Å². The second kappa shape index (κ2) is 4.05. The van der Waals surface area contributed by atoms with Gasteiger partial charge >= 0.3 is 0 Å². The Balaban J connectivity index is 1.95. The summed E-state index contributed by atoms with van der Waals surface area (Å²) in [5.74, 6) is 1.71. The topological polar surface area (TPSA) is 93.4 Å². The first-order chi connectivity index (χ1) is 6.84. The van der Waals surface area contributed by atoms with Gasteiger partial charge in [-0.3, -0.25) is 0 Å². The molecule has 2 heterocycles. The number of nitrogens with zero attached hydrogens (tertiary/aromatic N) is 4. The Morgan fingerprint density at radius 2 is 2.14 bits per heavy atom.